The molecule has 0 aliphatic carbocycles. The molecule has 2 heterocycles. The number of amides is 2. The zero-order valence-corrected chi connectivity index (χ0v) is 14.7. The predicted octanol–water partition coefficient (Wildman–Crippen LogP) is 2.40. The van der Waals surface area contributed by atoms with Gasteiger partial charge in [0.15, 0.2) is 0 Å². The SMILES string of the molecule is C[C@H]1CN(C(=O)Nc2cccc3ccsc23)CCN1S(C)(=O)=O. The molecule has 6 nitrogen and oxygen atoms in total. The van der Waals surface area contributed by atoms with Gasteiger partial charge in [-0.3, -0.25) is 0 Å². The molecule has 1 fully saturated rings. The number of sulfonamides is 1. The van der Waals surface area contributed by atoms with Gasteiger partial charge >= 0.3 is 6.03 Å². The van der Waals surface area contributed by atoms with Crippen molar-refractivity contribution in [1.29, 1.82) is 0 Å². The molecule has 124 valence electrons. The van der Waals surface area contributed by atoms with Crippen molar-refractivity contribution in [3.8, 4) is 0 Å². The largest absolute Gasteiger partial charge is 0.322 e. The number of hydrogen-bond acceptors (Lipinski definition) is 4. The van der Waals surface area contributed by atoms with Gasteiger partial charge < -0.3 is 10.2 Å². The van der Waals surface area contributed by atoms with E-state index in [4.69, 9.17) is 0 Å². The van der Waals surface area contributed by atoms with E-state index in [-0.39, 0.29) is 12.1 Å². The summed E-state index contributed by atoms with van der Waals surface area (Å²) in [6, 6.07) is 7.41. The van der Waals surface area contributed by atoms with Gasteiger partial charge in [0.05, 0.1) is 16.6 Å². The average molecular weight is 353 g/mol. The van der Waals surface area contributed by atoms with Gasteiger partial charge in [0.2, 0.25) is 10.0 Å². The number of anilines is 1. The van der Waals surface area contributed by atoms with Gasteiger partial charge in [-0.2, -0.15) is 4.31 Å². The van der Waals surface area contributed by atoms with Crippen molar-refractivity contribution >= 4 is 43.2 Å². The van der Waals surface area contributed by atoms with E-state index in [0.29, 0.717) is 19.6 Å². The van der Waals surface area contributed by atoms with E-state index in [9.17, 15) is 13.2 Å². The molecule has 1 atom stereocenters. The third kappa shape index (κ3) is 3.34. The summed E-state index contributed by atoms with van der Waals surface area (Å²) >= 11 is 1.59. The second kappa shape index (κ2) is 6.10. The number of thiophene rings is 1. The zero-order valence-electron chi connectivity index (χ0n) is 13.0. The van der Waals surface area contributed by atoms with Crippen LogP contribution in [0.15, 0.2) is 29.6 Å². The van der Waals surface area contributed by atoms with E-state index < -0.39 is 10.0 Å². The Labute approximate surface area is 139 Å². The monoisotopic (exact) mass is 353 g/mol. The molecule has 1 aliphatic heterocycles. The van der Waals surface area contributed by atoms with Crippen LogP contribution in [0.2, 0.25) is 0 Å². The minimum atomic E-state index is -3.23. The van der Waals surface area contributed by atoms with Crippen molar-refractivity contribution in [2.75, 3.05) is 31.2 Å². The molecule has 1 saturated heterocycles. The van der Waals surface area contributed by atoms with E-state index in [2.05, 4.69) is 5.32 Å². The van der Waals surface area contributed by atoms with Gasteiger partial charge in [-0.1, -0.05) is 12.1 Å². The third-order valence-corrected chi connectivity index (χ3v) is 6.36. The number of hydrogen-bond donors (Lipinski definition) is 1. The number of nitrogens with one attached hydrogen (secondary N) is 1. The smallest absolute Gasteiger partial charge is 0.321 e. The van der Waals surface area contributed by atoms with Crippen LogP contribution in [0.25, 0.3) is 10.1 Å². The summed E-state index contributed by atoms with van der Waals surface area (Å²) in [6.45, 7) is 2.93. The first-order valence-electron chi connectivity index (χ1n) is 7.35. The summed E-state index contributed by atoms with van der Waals surface area (Å²) in [5.41, 5.74) is 0.792. The molecule has 1 aliphatic rings. The Kier molecular flexibility index (Phi) is 4.31. The number of nitrogens with zero attached hydrogens (tertiary/aromatic N) is 2. The quantitative estimate of drug-likeness (QED) is 0.901. The maximum Gasteiger partial charge on any atom is 0.321 e. The predicted molar refractivity (Wildman–Crippen MR) is 93.4 cm³/mol. The van der Waals surface area contributed by atoms with Crippen LogP contribution in [0.5, 0.6) is 0 Å². The van der Waals surface area contributed by atoms with Gasteiger partial charge in [-0.05, 0) is 29.8 Å². The fourth-order valence-corrected chi connectivity index (χ4v) is 4.91. The highest BCUT2D eigenvalue weighted by atomic mass is 32.2. The molecule has 2 aromatic rings. The van der Waals surface area contributed by atoms with Crippen LogP contribution in [-0.4, -0.2) is 55.6 Å². The highest BCUT2D eigenvalue weighted by Gasteiger charge is 2.31. The van der Waals surface area contributed by atoms with Crippen molar-refractivity contribution in [3.05, 3.63) is 29.6 Å². The number of benzene rings is 1. The standard InChI is InChI=1S/C15H19N3O3S2/c1-11-10-17(7-8-18(11)23(2,20)21)15(19)16-13-5-3-4-12-6-9-22-14(12)13/h3-6,9,11H,7-8,10H2,1-2H3,(H,16,19)/t11-/m0/s1. The molecular weight excluding hydrogens is 334 g/mol. The molecule has 3 rings (SSSR count). The van der Waals surface area contributed by atoms with Crippen LogP contribution in [-0.2, 0) is 10.0 Å². The van der Waals surface area contributed by atoms with E-state index >= 15 is 0 Å². The van der Waals surface area contributed by atoms with Crippen molar-refractivity contribution in [2.24, 2.45) is 0 Å². The summed E-state index contributed by atoms with van der Waals surface area (Å²) in [4.78, 5) is 14.2. The highest BCUT2D eigenvalue weighted by molar-refractivity contribution is 7.88. The minimum absolute atomic E-state index is 0.189. The maximum atomic E-state index is 12.5. The fourth-order valence-electron chi connectivity index (χ4n) is 2.90. The van der Waals surface area contributed by atoms with E-state index in [1.54, 1.807) is 16.2 Å². The van der Waals surface area contributed by atoms with Gasteiger partial charge in [-0.25, -0.2) is 13.2 Å². The van der Waals surface area contributed by atoms with Crippen LogP contribution in [0.3, 0.4) is 0 Å². The van der Waals surface area contributed by atoms with E-state index in [1.807, 2.05) is 36.6 Å². The summed E-state index contributed by atoms with van der Waals surface area (Å²) in [6.07, 6.45) is 1.21. The molecule has 1 N–H and O–H groups in total. The molecular formula is C15H19N3O3S2. The number of carbonyl (C=O) groups is 1. The van der Waals surface area contributed by atoms with Gasteiger partial charge in [0.1, 0.15) is 0 Å². The molecule has 0 unspecified atom stereocenters. The van der Waals surface area contributed by atoms with Gasteiger partial charge in [0.25, 0.3) is 0 Å². The molecule has 0 spiro atoms. The Morgan fingerprint density at radius 3 is 2.78 bits per heavy atom. The maximum absolute atomic E-state index is 12.5. The molecule has 0 saturated carbocycles. The molecule has 1 aromatic carbocycles. The Bertz CT molecular complexity index is 831. The zero-order chi connectivity index (χ0) is 16.6. The van der Waals surface area contributed by atoms with Crippen molar-refractivity contribution < 1.29 is 13.2 Å². The summed E-state index contributed by atoms with van der Waals surface area (Å²) in [5, 5.41) is 6.04. The lowest BCUT2D eigenvalue weighted by atomic mass is 10.2. The first-order chi connectivity index (χ1) is 10.9. The Morgan fingerprint density at radius 1 is 1.30 bits per heavy atom. The normalized spacial score (nSPS) is 19.9. The van der Waals surface area contributed by atoms with Gasteiger partial charge in [0, 0.05) is 25.7 Å². The van der Waals surface area contributed by atoms with Crippen molar-refractivity contribution in [3.63, 3.8) is 0 Å². The molecule has 8 heteroatoms. The van der Waals surface area contributed by atoms with Crippen LogP contribution in [0.1, 0.15) is 6.92 Å². The topological polar surface area (TPSA) is 69.7 Å². The molecule has 0 bridgehead atoms. The van der Waals surface area contributed by atoms with Crippen LogP contribution < -0.4 is 5.32 Å². The lowest BCUT2D eigenvalue weighted by Gasteiger charge is -2.38. The van der Waals surface area contributed by atoms with Crippen molar-refractivity contribution in [2.45, 2.75) is 13.0 Å². The van der Waals surface area contributed by atoms with Gasteiger partial charge in [-0.15, -0.1) is 11.3 Å². The summed E-state index contributed by atoms with van der Waals surface area (Å²) in [7, 11) is -3.23. The Balaban J connectivity index is 1.71. The van der Waals surface area contributed by atoms with Crippen molar-refractivity contribution in [1.82, 2.24) is 9.21 Å². The molecule has 23 heavy (non-hydrogen) atoms. The Morgan fingerprint density at radius 2 is 2.09 bits per heavy atom. The molecule has 0 radical (unpaired) electrons. The lowest BCUT2D eigenvalue weighted by Crippen LogP contribution is -2.55. The summed E-state index contributed by atoms with van der Waals surface area (Å²) in [5.74, 6) is 0. The Hall–Kier alpha value is -1.64. The number of fused-ring (bicyclic) bond motifs is 1. The van der Waals surface area contributed by atoms with Crippen LogP contribution >= 0.6 is 11.3 Å². The second-order valence-electron chi connectivity index (χ2n) is 5.74. The number of rotatable bonds is 2. The van der Waals surface area contributed by atoms with Crippen LogP contribution in [0, 0.1) is 0 Å². The summed E-state index contributed by atoms with van der Waals surface area (Å²) < 4.78 is 25.9. The molecule has 2 amide bonds. The number of urea groups is 1. The fraction of sp³-hybridized carbons (Fsp3) is 0.400. The van der Waals surface area contributed by atoms with E-state index in [0.717, 1.165) is 15.8 Å². The average Bonchev–Trinajstić information content (AvgIpc) is 2.95. The molecule has 1 aromatic heterocycles. The first-order valence-corrected chi connectivity index (χ1v) is 10.1. The number of piperazine rings is 1. The van der Waals surface area contributed by atoms with Crippen LogP contribution in [0.4, 0.5) is 10.5 Å². The highest BCUT2D eigenvalue weighted by Crippen LogP contribution is 2.28. The number of carbonyl (C=O) groups excluding carboxylic acids is 1. The first kappa shape index (κ1) is 16.2. The third-order valence-electron chi connectivity index (χ3n) is 4.00. The van der Waals surface area contributed by atoms with E-state index in [1.165, 1.54) is 10.6 Å². The lowest BCUT2D eigenvalue weighted by molar-refractivity contribution is 0.157. The minimum Gasteiger partial charge on any atom is -0.322 e. The second-order valence-corrected chi connectivity index (χ2v) is 8.59.